The molecular weight excluding hydrogens is 281 g/mol. The van der Waals surface area contributed by atoms with Gasteiger partial charge in [0.05, 0.1) is 0 Å². The Morgan fingerprint density at radius 3 is 3.05 bits per heavy atom. The van der Waals surface area contributed by atoms with Gasteiger partial charge in [-0.1, -0.05) is 6.92 Å². The molecule has 2 aromatic heterocycles. The first-order chi connectivity index (χ1) is 10.7. The molecule has 1 aliphatic rings. The summed E-state index contributed by atoms with van der Waals surface area (Å²) in [5.74, 6) is 1.78. The van der Waals surface area contributed by atoms with Crippen molar-refractivity contribution in [1.82, 2.24) is 15.0 Å². The van der Waals surface area contributed by atoms with E-state index in [0.717, 1.165) is 43.3 Å². The van der Waals surface area contributed by atoms with E-state index >= 15 is 0 Å². The number of aromatic nitrogens is 3. The van der Waals surface area contributed by atoms with Crippen LogP contribution >= 0.6 is 0 Å². The van der Waals surface area contributed by atoms with Gasteiger partial charge in [0.25, 0.3) is 0 Å². The van der Waals surface area contributed by atoms with E-state index in [0.29, 0.717) is 5.82 Å². The molecule has 0 bridgehead atoms. The molecule has 1 N–H and O–H groups in total. The number of anilines is 2. The van der Waals surface area contributed by atoms with Crippen molar-refractivity contribution in [3.63, 3.8) is 0 Å². The van der Waals surface area contributed by atoms with E-state index in [2.05, 4.69) is 27.2 Å². The van der Waals surface area contributed by atoms with Crippen molar-refractivity contribution in [2.24, 2.45) is 0 Å². The molecule has 1 atom stereocenters. The van der Waals surface area contributed by atoms with Crippen molar-refractivity contribution in [1.29, 1.82) is 0 Å². The predicted octanol–water partition coefficient (Wildman–Crippen LogP) is 2.57. The topological polar surface area (TPSA) is 53.9 Å². The minimum atomic E-state index is -0.269. The molecule has 2 aromatic rings. The van der Waals surface area contributed by atoms with Crippen molar-refractivity contribution >= 4 is 11.6 Å². The van der Waals surface area contributed by atoms with Gasteiger partial charge in [-0.3, -0.25) is 0 Å². The third-order valence-corrected chi connectivity index (χ3v) is 3.83. The van der Waals surface area contributed by atoms with E-state index in [1.807, 2.05) is 17.9 Å². The van der Waals surface area contributed by atoms with Gasteiger partial charge in [0.2, 0.25) is 0 Å². The average molecular weight is 301 g/mol. The minimum Gasteiger partial charge on any atom is -0.365 e. The maximum atomic E-state index is 13.8. The smallest absolute Gasteiger partial charge is 0.165 e. The Hall–Kier alpha value is -2.24. The minimum absolute atomic E-state index is 0.236. The van der Waals surface area contributed by atoms with Crippen LogP contribution in [0.5, 0.6) is 0 Å². The summed E-state index contributed by atoms with van der Waals surface area (Å²) in [6.07, 6.45) is 3.44. The maximum Gasteiger partial charge on any atom is 0.165 e. The van der Waals surface area contributed by atoms with Crippen LogP contribution in [0.3, 0.4) is 0 Å². The zero-order valence-corrected chi connectivity index (χ0v) is 12.9. The number of nitrogens with zero attached hydrogens (tertiary/aromatic N) is 4. The largest absolute Gasteiger partial charge is 0.365 e. The summed E-state index contributed by atoms with van der Waals surface area (Å²) in [7, 11) is 0. The number of hydrogen-bond donors (Lipinski definition) is 1. The molecule has 1 fully saturated rings. The molecule has 0 aliphatic carbocycles. The number of hydrogen-bond acceptors (Lipinski definition) is 5. The molecular formula is C16H20FN5. The van der Waals surface area contributed by atoms with Gasteiger partial charge in [-0.25, -0.2) is 19.3 Å². The maximum absolute atomic E-state index is 13.8. The second kappa shape index (κ2) is 6.25. The summed E-state index contributed by atoms with van der Waals surface area (Å²) >= 11 is 0. The zero-order chi connectivity index (χ0) is 15.5. The van der Waals surface area contributed by atoms with Gasteiger partial charge in [-0.15, -0.1) is 0 Å². The van der Waals surface area contributed by atoms with Gasteiger partial charge in [0.15, 0.2) is 11.6 Å². The van der Waals surface area contributed by atoms with E-state index in [-0.39, 0.29) is 11.9 Å². The van der Waals surface area contributed by atoms with E-state index < -0.39 is 0 Å². The average Bonchev–Trinajstić information content (AvgIpc) is 2.95. The first-order valence-corrected chi connectivity index (χ1v) is 7.62. The van der Waals surface area contributed by atoms with Crippen LogP contribution in [0.25, 0.3) is 0 Å². The van der Waals surface area contributed by atoms with Crippen LogP contribution in [0.2, 0.25) is 0 Å². The van der Waals surface area contributed by atoms with E-state index in [4.69, 9.17) is 0 Å². The molecule has 6 heteroatoms. The normalized spacial score (nSPS) is 17.8. The molecule has 1 aliphatic heterocycles. The molecule has 1 unspecified atom stereocenters. The SMILES string of the molecule is CCc1cc(NC2CCN(c3ncccc3F)C2)nc(C)n1. The molecule has 0 aromatic carbocycles. The quantitative estimate of drug-likeness (QED) is 0.940. The molecule has 3 rings (SSSR count). The summed E-state index contributed by atoms with van der Waals surface area (Å²) in [6, 6.07) is 5.28. The number of nitrogens with one attached hydrogen (secondary N) is 1. The molecule has 116 valence electrons. The van der Waals surface area contributed by atoms with Crippen molar-refractivity contribution in [3.8, 4) is 0 Å². The van der Waals surface area contributed by atoms with Gasteiger partial charge in [-0.2, -0.15) is 0 Å². The van der Waals surface area contributed by atoms with Crippen LogP contribution in [0.15, 0.2) is 24.4 Å². The van der Waals surface area contributed by atoms with Gasteiger partial charge >= 0.3 is 0 Å². The highest BCUT2D eigenvalue weighted by Gasteiger charge is 2.25. The first-order valence-electron chi connectivity index (χ1n) is 7.62. The molecule has 0 spiro atoms. The highest BCUT2D eigenvalue weighted by Crippen LogP contribution is 2.22. The van der Waals surface area contributed by atoms with Crippen LogP contribution in [0, 0.1) is 12.7 Å². The number of rotatable bonds is 4. The molecule has 0 amide bonds. The molecule has 0 radical (unpaired) electrons. The van der Waals surface area contributed by atoms with Crippen LogP contribution < -0.4 is 10.2 Å². The Kier molecular flexibility index (Phi) is 4.18. The van der Waals surface area contributed by atoms with Crippen LogP contribution in [-0.4, -0.2) is 34.1 Å². The second-order valence-electron chi connectivity index (χ2n) is 5.53. The van der Waals surface area contributed by atoms with Crippen molar-refractivity contribution < 1.29 is 4.39 Å². The van der Waals surface area contributed by atoms with Gasteiger partial charge < -0.3 is 10.2 Å². The number of pyridine rings is 1. The van der Waals surface area contributed by atoms with Crippen LogP contribution in [-0.2, 0) is 6.42 Å². The van der Waals surface area contributed by atoms with Crippen molar-refractivity contribution in [2.75, 3.05) is 23.3 Å². The van der Waals surface area contributed by atoms with Gasteiger partial charge in [-0.05, 0) is 31.9 Å². The molecule has 0 saturated carbocycles. The van der Waals surface area contributed by atoms with Gasteiger partial charge in [0, 0.05) is 37.1 Å². The summed E-state index contributed by atoms with van der Waals surface area (Å²) < 4.78 is 13.8. The summed E-state index contributed by atoms with van der Waals surface area (Å²) in [5.41, 5.74) is 1.03. The predicted molar refractivity (Wildman–Crippen MR) is 84.6 cm³/mol. The van der Waals surface area contributed by atoms with E-state index in [1.54, 1.807) is 12.3 Å². The van der Waals surface area contributed by atoms with E-state index in [9.17, 15) is 4.39 Å². The Balaban J connectivity index is 1.69. The third-order valence-electron chi connectivity index (χ3n) is 3.83. The fourth-order valence-electron chi connectivity index (χ4n) is 2.77. The second-order valence-corrected chi connectivity index (χ2v) is 5.53. The summed E-state index contributed by atoms with van der Waals surface area (Å²) in [6.45, 7) is 5.48. The number of halogens is 1. The van der Waals surface area contributed by atoms with E-state index in [1.165, 1.54) is 6.07 Å². The lowest BCUT2D eigenvalue weighted by Crippen LogP contribution is -2.27. The number of aryl methyl sites for hydroxylation is 2. The molecule has 1 saturated heterocycles. The Morgan fingerprint density at radius 2 is 2.27 bits per heavy atom. The Bertz CT molecular complexity index is 661. The Morgan fingerprint density at radius 1 is 1.41 bits per heavy atom. The lowest BCUT2D eigenvalue weighted by molar-refractivity contribution is 0.615. The lowest BCUT2D eigenvalue weighted by Gasteiger charge is -2.18. The zero-order valence-electron chi connectivity index (χ0n) is 12.9. The third kappa shape index (κ3) is 3.16. The molecule has 3 heterocycles. The fraction of sp³-hybridized carbons (Fsp3) is 0.438. The van der Waals surface area contributed by atoms with Crippen molar-refractivity contribution in [3.05, 3.63) is 41.7 Å². The fourth-order valence-corrected chi connectivity index (χ4v) is 2.77. The lowest BCUT2D eigenvalue weighted by atomic mass is 10.2. The van der Waals surface area contributed by atoms with Crippen molar-refractivity contribution in [2.45, 2.75) is 32.7 Å². The molecule has 22 heavy (non-hydrogen) atoms. The monoisotopic (exact) mass is 301 g/mol. The van der Waals surface area contributed by atoms with Crippen LogP contribution in [0.1, 0.15) is 24.9 Å². The highest BCUT2D eigenvalue weighted by molar-refractivity contribution is 5.44. The van der Waals surface area contributed by atoms with Gasteiger partial charge in [0.1, 0.15) is 11.6 Å². The summed E-state index contributed by atoms with van der Waals surface area (Å²) in [4.78, 5) is 14.9. The highest BCUT2D eigenvalue weighted by atomic mass is 19.1. The summed E-state index contributed by atoms with van der Waals surface area (Å²) in [5, 5.41) is 3.43. The van der Waals surface area contributed by atoms with Crippen LogP contribution in [0.4, 0.5) is 16.0 Å². The first kappa shape index (κ1) is 14.7. The molecule has 5 nitrogen and oxygen atoms in total. The standard InChI is InChI=1S/C16H20FN5/c1-3-12-9-15(20-11(2)19-12)21-13-6-8-22(10-13)16-14(17)5-4-7-18-16/h4-5,7,9,13H,3,6,8,10H2,1-2H3,(H,19,20,21). The Labute approximate surface area is 129 Å².